The predicted octanol–water partition coefficient (Wildman–Crippen LogP) is 3.27. The summed E-state index contributed by atoms with van der Waals surface area (Å²) in [6.07, 6.45) is 0.762. The molecule has 0 aliphatic rings. The minimum atomic E-state index is 0.540. The van der Waals surface area contributed by atoms with E-state index in [4.69, 9.17) is 9.47 Å². The van der Waals surface area contributed by atoms with Gasteiger partial charge in [-0.05, 0) is 31.2 Å². The molecular weight excluding hydrogens is 254 g/mol. The number of rotatable bonds is 6. The van der Waals surface area contributed by atoms with Gasteiger partial charge in [0.2, 0.25) is 5.88 Å². The van der Waals surface area contributed by atoms with Crippen molar-refractivity contribution < 1.29 is 9.47 Å². The zero-order valence-corrected chi connectivity index (χ0v) is 12.0. The molecule has 2 aromatic rings. The van der Waals surface area contributed by atoms with Crippen molar-refractivity contribution in [2.45, 2.75) is 20.3 Å². The Morgan fingerprint density at radius 1 is 1.05 bits per heavy atom. The standard InChI is InChI=1S/C15H19N3O2/c1-4-13-17-14(16-5-2)10-15(18-13)20-12-8-6-11(19-3)7-9-12/h6-10H,4-5H2,1-3H3,(H,16,17,18). The summed E-state index contributed by atoms with van der Waals surface area (Å²) in [5.74, 6) is 3.59. The lowest BCUT2D eigenvalue weighted by molar-refractivity contribution is 0.412. The zero-order valence-electron chi connectivity index (χ0n) is 12.0. The molecule has 5 heteroatoms. The number of nitrogens with one attached hydrogen (secondary N) is 1. The highest BCUT2D eigenvalue weighted by atomic mass is 16.5. The highest BCUT2D eigenvalue weighted by Crippen LogP contribution is 2.24. The summed E-state index contributed by atoms with van der Waals surface area (Å²) in [5, 5.41) is 3.18. The van der Waals surface area contributed by atoms with Crippen LogP contribution >= 0.6 is 0 Å². The minimum Gasteiger partial charge on any atom is -0.497 e. The molecule has 0 atom stereocenters. The molecule has 0 radical (unpaired) electrons. The van der Waals surface area contributed by atoms with Crippen LogP contribution in [0.1, 0.15) is 19.7 Å². The Balaban J connectivity index is 2.20. The van der Waals surface area contributed by atoms with E-state index in [-0.39, 0.29) is 0 Å². The number of aromatic nitrogens is 2. The molecule has 5 nitrogen and oxygen atoms in total. The number of ether oxygens (including phenoxy) is 2. The highest BCUT2D eigenvalue weighted by molar-refractivity contribution is 5.40. The van der Waals surface area contributed by atoms with Gasteiger partial charge in [-0.3, -0.25) is 0 Å². The Morgan fingerprint density at radius 3 is 2.35 bits per heavy atom. The van der Waals surface area contributed by atoms with Crippen molar-refractivity contribution in [1.82, 2.24) is 9.97 Å². The SMILES string of the molecule is CCNc1cc(Oc2ccc(OC)cc2)nc(CC)n1. The second-order valence-electron chi connectivity index (χ2n) is 4.17. The summed E-state index contributed by atoms with van der Waals surface area (Å²) in [5.41, 5.74) is 0. The van der Waals surface area contributed by atoms with E-state index in [1.165, 1.54) is 0 Å². The number of hydrogen-bond acceptors (Lipinski definition) is 5. The van der Waals surface area contributed by atoms with Gasteiger partial charge in [0.05, 0.1) is 7.11 Å². The van der Waals surface area contributed by atoms with Crippen molar-refractivity contribution in [3.63, 3.8) is 0 Å². The molecule has 0 amide bonds. The van der Waals surface area contributed by atoms with Crippen LogP contribution in [-0.2, 0) is 6.42 Å². The third kappa shape index (κ3) is 3.60. The van der Waals surface area contributed by atoms with E-state index in [2.05, 4.69) is 15.3 Å². The molecule has 0 bridgehead atoms. The Morgan fingerprint density at radius 2 is 1.75 bits per heavy atom. The van der Waals surface area contributed by atoms with Gasteiger partial charge in [-0.15, -0.1) is 0 Å². The fourth-order valence-corrected chi connectivity index (χ4v) is 1.72. The molecule has 0 saturated heterocycles. The summed E-state index contributed by atoms with van der Waals surface area (Å²) >= 11 is 0. The topological polar surface area (TPSA) is 56.3 Å². The molecule has 0 unspecified atom stereocenters. The number of benzene rings is 1. The summed E-state index contributed by atoms with van der Waals surface area (Å²) in [4.78, 5) is 8.76. The maximum atomic E-state index is 5.76. The maximum absolute atomic E-state index is 5.76. The molecule has 1 heterocycles. The van der Waals surface area contributed by atoms with Crippen molar-refractivity contribution in [1.29, 1.82) is 0 Å². The smallest absolute Gasteiger partial charge is 0.224 e. The average molecular weight is 273 g/mol. The molecular formula is C15H19N3O2. The van der Waals surface area contributed by atoms with Crippen molar-refractivity contribution in [3.05, 3.63) is 36.2 Å². The molecule has 106 valence electrons. The first kappa shape index (κ1) is 14.1. The van der Waals surface area contributed by atoms with Crippen LogP contribution in [0.25, 0.3) is 0 Å². The van der Waals surface area contributed by atoms with Gasteiger partial charge in [-0.25, -0.2) is 4.98 Å². The zero-order chi connectivity index (χ0) is 14.4. The molecule has 0 aliphatic carbocycles. The quantitative estimate of drug-likeness (QED) is 0.875. The summed E-state index contributed by atoms with van der Waals surface area (Å²) in [6.45, 7) is 4.85. The molecule has 0 aliphatic heterocycles. The maximum Gasteiger partial charge on any atom is 0.224 e. The van der Waals surface area contributed by atoms with Gasteiger partial charge in [0.15, 0.2) is 0 Å². The van der Waals surface area contributed by atoms with Crippen molar-refractivity contribution in [2.24, 2.45) is 0 Å². The molecule has 0 fully saturated rings. The number of hydrogen-bond donors (Lipinski definition) is 1. The van der Waals surface area contributed by atoms with Gasteiger partial charge in [0, 0.05) is 19.0 Å². The van der Waals surface area contributed by atoms with E-state index in [0.29, 0.717) is 11.6 Å². The van der Waals surface area contributed by atoms with E-state index in [1.807, 2.05) is 38.1 Å². The number of aryl methyl sites for hydroxylation is 1. The Hall–Kier alpha value is -2.30. The number of anilines is 1. The first-order chi connectivity index (χ1) is 9.75. The van der Waals surface area contributed by atoms with Crippen LogP contribution in [0.5, 0.6) is 17.4 Å². The first-order valence-electron chi connectivity index (χ1n) is 6.69. The predicted molar refractivity (Wildman–Crippen MR) is 78.6 cm³/mol. The molecule has 0 saturated carbocycles. The van der Waals surface area contributed by atoms with Crippen LogP contribution in [0.3, 0.4) is 0 Å². The van der Waals surface area contributed by atoms with E-state index in [9.17, 15) is 0 Å². The monoisotopic (exact) mass is 273 g/mol. The third-order valence-electron chi connectivity index (χ3n) is 2.70. The van der Waals surface area contributed by atoms with E-state index < -0.39 is 0 Å². The lowest BCUT2D eigenvalue weighted by Gasteiger charge is -2.09. The van der Waals surface area contributed by atoms with E-state index >= 15 is 0 Å². The average Bonchev–Trinajstić information content (AvgIpc) is 2.48. The summed E-state index contributed by atoms with van der Waals surface area (Å²) in [6, 6.07) is 9.19. The van der Waals surface area contributed by atoms with Crippen LogP contribution in [0.15, 0.2) is 30.3 Å². The van der Waals surface area contributed by atoms with Gasteiger partial charge >= 0.3 is 0 Å². The van der Waals surface area contributed by atoms with E-state index in [0.717, 1.165) is 30.4 Å². The summed E-state index contributed by atoms with van der Waals surface area (Å²) in [7, 11) is 1.64. The molecule has 1 aromatic carbocycles. The fourth-order valence-electron chi connectivity index (χ4n) is 1.72. The van der Waals surface area contributed by atoms with Crippen LogP contribution in [0.4, 0.5) is 5.82 Å². The third-order valence-corrected chi connectivity index (χ3v) is 2.70. The second-order valence-corrected chi connectivity index (χ2v) is 4.17. The molecule has 2 rings (SSSR count). The van der Waals surface area contributed by atoms with Gasteiger partial charge in [0.1, 0.15) is 23.1 Å². The Kier molecular flexibility index (Phi) is 4.76. The van der Waals surface area contributed by atoms with Crippen molar-refractivity contribution >= 4 is 5.82 Å². The van der Waals surface area contributed by atoms with Gasteiger partial charge < -0.3 is 14.8 Å². The van der Waals surface area contributed by atoms with Gasteiger partial charge in [-0.1, -0.05) is 6.92 Å². The molecule has 1 N–H and O–H groups in total. The van der Waals surface area contributed by atoms with E-state index in [1.54, 1.807) is 13.2 Å². The lowest BCUT2D eigenvalue weighted by Crippen LogP contribution is -2.04. The number of nitrogens with zero attached hydrogens (tertiary/aromatic N) is 2. The number of methoxy groups -OCH3 is 1. The fraction of sp³-hybridized carbons (Fsp3) is 0.333. The first-order valence-corrected chi connectivity index (χ1v) is 6.69. The van der Waals surface area contributed by atoms with Gasteiger partial charge in [-0.2, -0.15) is 4.98 Å². The Labute approximate surface area is 119 Å². The highest BCUT2D eigenvalue weighted by Gasteiger charge is 2.05. The minimum absolute atomic E-state index is 0.540. The van der Waals surface area contributed by atoms with Gasteiger partial charge in [0.25, 0.3) is 0 Å². The van der Waals surface area contributed by atoms with Crippen molar-refractivity contribution in [2.75, 3.05) is 19.0 Å². The summed E-state index contributed by atoms with van der Waals surface area (Å²) < 4.78 is 10.9. The largest absolute Gasteiger partial charge is 0.497 e. The normalized spacial score (nSPS) is 10.2. The molecule has 1 aromatic heterocycles. The van der Waals surface area contributed by atoms with Crippen LogP contribution < -0.4 is 14.8 Å². The molecule has 0 spiro atoms. The lowest BCUT2D eigenvalue weighted by atomic mass is 10.3. The molecule has 20 heavy (non-hydrogen) atoms. The van der Waals surface area contributed by atoms with Crippen molar-refractivity contribution in [3.8, 4) is 17.4 Å². The van der Waals surface area contributed by atoms with Crippen LogP contribution in [0.2, 0.25) is 0 Å². The van der Waals surface area contributed by atoms with Crippen LogP contribution in [-0.4, -0.2) is 23.6 Å². The second kappa shape index (κ2) is 6.75. The van der Waals surface area contributed by atoms with Crippen LogP contribution in [0, 0.1) is 0 Å². The Bertz CT molecular complexity index is 556.